The topological polar surface area (TPSA) is 53.1 Å². The highest BCUT2D eigenvalue weighted by atomic mass is 32.1. The van der Waals surface area contributed by atoms with E-state index in [1.165, 1.54) is 83.3 Å². The summed E-state index contributed by atoms with van der Waals surface area (Å²) in [7, 11) is 1.43. The second-order valence-corrected chi connectivity index (χ2v) is 15.1. The Kier molecular flexibility index (Phi) is 14.8. The predicted molar refractivity (Wildman–Crippen MR) is 203 cm³/mol. The van der Waals surface area contributed by atoms with Crippen molar-refractivity contribution in [3.63, 3.8) is 0 Å². The Bertz CT molecular complexity index is 1480. The van der Waals surface area contributed by atoms with Gasteiger partial charge in [0.05, 0.1) is 7.11 Å². The number of carbonyl (C=O) groups is 2. The van der Waals surface area contributed by atoms with E-state index >= 15 is 0 Å². The summed E-state index contributed by atoms with van der Waals surface area (Å²) in [5.74, 6) is -0.476. The van der Waals surface area contributed by atoms with Crippen molar-refractivity contribution in [2.45, 2.75) is 122 Å². The van der Waals surface area contributed by atoms with Crippen LogP contribution in [0, 0.1) is 5.82 Å². The molecule has 1 saturated heterocycles. The number of hydrogen-bond donors (Lipinski definition) is 0. The lowest BCUT2D eigenvalue weighted by atomic mass is 9.95. The third-order valence-electron chi connectivity index (χ3n) is 10.6. The fourth-order valence-corrected chi connectivity index (χ4v) is 8.49. The van der Waals surface area contributed by atoms with Crippen LogP contribution in [0.3, 0.4) is 0 Å². The second-order valence-electron chi connectivity index (χ2n) is 14.1. The fraction of sp³-hybridized carbons (Fsp3) is 0.610. The monoisotopic (exact) mass is 691 g/mol. The number of rotatable bonds is 20. The molecule has 2 aliphatic heterocycles. The average Bonchev–Trinajstić information content (AvgIpc) is 3.59. The number of aryl methyl sites for hydroxylation is 1. The summed E-state index contributed by atoms with van der Waals surface area (Å²) in [5, 5.41) is 3.16. The third-order valence-corrected chi connectivity index (χ3v) is 11.5. The first kappa shape index (κ1) is 37.3. The fourth-order valence-electron chi connectivity index (χ4n) is 7.66. The number of methoxy groups -OCH3 is 1. The molecule has 3 aromatic rings. The minimum absolute atomic E-state index is 0.0166. The van der Waals surface area contributed by atoms with Gasteiger partial charge in [-0.25, -0.2) is 9.18 Å². The SMILES string of the molecule is CCCCCCCCCCCCCCCC(C(=O)OC)N1C(=O)CCc2ccc(CCN3CCN(c4cc(F)cc5sccc45)CC3)cc21. The summed E-state index contributed by atoms with van der Waals surface area (Å²) in [6.45, 7) is 6.74. The molecule has 0 radical (unpaired) electrons. The van der Waals surface area contributed by atoms with E-state index in [4.69, 9.17) is 4.74 Å². The zero-order valence-corrected chi connectivity index (χ0v) is 30.8. The molecule has 268 valence electrons. The Balaban J connectivity index is 1.09. The molecule has 49 heavy (non-hydrogen) atoms. The number of fused-ring (bicyclic) bond motifs is 2. The number of benzene rings is 2. The number of anilines is 2. The van der Waals surface area contributed by atoms with Gasteiger partial charge in [-0.1, -0.05) is 103 Å². The summed E-state index contributed by atoms with van der Waals surface area (Å²) in [5.41, 5.74) is 4.19. The molecule has 0 saturated carbocycles. The molecule has 1 fully saturated rings. The highest BCUT2D eigenvalue weighted by Gasteiger charge is 2.35. The molecule has 8 heteroatoms. The number of halogens is 1. The van der Waals surface area contributed by atoms with Gasteiger partial charge in [-0.15, -0.1) is 11.3 Å². The van der Waals surface area contributed by atoms with Gasteiger partial charge in [0.2, 0.25) is 5.91 Å². The van der Waals surface area contributed by atoms with Gasteiger partial charge in [0.15, 0.2) is 0 Å². The number of piperazine rings is 1. The largest absolute Gasteiger partial charge is 0.467 e. The van der Waals surface area contributed by atoms with Crippen molar-refractivity contribution in [1.82, 2.24) is 4.90 Å². The Labute approximate surface area is 298 Å². The van der Waals surface area contributed by atoms with E-state index in [1.54, 1.807) is 28.4 Å². The molecule has 0 bridgehead atoms. The van der Waals surface area contributed by atoms with Crippen LogP contribution in [-0.4, -0.2) is 62.7 Å². The quantitative estimate of drug-likeness (QED) is 0.0873. The second kappa shape index (κ2) is 19.4. The van der Waals surface area contributed by atoms with E-state index in [0.29, 0.717) is 19.3 Å². The van der Waals surface area contributed by atoms with Crippen molar-refractivity contribution in [2.75, 3.05) is 49.6 Å². The number of thiophene rings is 1. The number of amides is 1. The maximum atomic E-state index is 14.3. The molecule has 1 atom stereocenters. The van der Waals surface area contributed by atoms with Crippen molar-refractivity contribution >= 4 is 44.7 Å². The average molecular weight is 692 g/mol. The minimum Gasteiger partial charge on any atom is -0.467 e. The molecule has 2 aromatic carbocycles. The number of carbonyl (C=O) groups excluding carboxylic acids is 2. The molecule has 1 aromatic heterocycles. The van der Waals surface area contributed by atoms with Gasteiger partial charge in [-0.2, -0.15) is 0 Å². The van der Waals surface area contributed by atoms with Crippen LogP contribution in [0.25, 0.3) is 10.1 Å². The van der Waals surface area contributed by atoms with Crippen molar-refractivity contribution in [1.29, 1.82) is 0 Å². The summed E-state index contributed by atoms with van der Waals surface area (Å²) in [6.07, 6.45) is 19.2. The first-order valence-electron chi connectivity index (χ1n) is 19.1. The van der Waals surface area contributed by atoms with Gasteiger partial charge < -0.3 is 9.64 Å². The Morgan fingerprint density at radius 1 is 0.837 bits per heavy atom. The molecule has 6 nitrogen and oxygen atoms in total. The van der Waals surface area contributed by atoms with E-state index in [0.717, 1.165) is 79.0 Å². The highest BCUT2D eigenvalue weighted by Crippen LogP contribution is 2.34. The maximum Gasteiger partial charge on any atom is 0.328 e. The molecule has 2 aliphatic rings. The molecular weight excluding hydrogens is 634 g/mol. The molecule has 1 amide bonds. The van der Waals surface area contributed by atoms with Gasteiger partial charge in [-0.05, 0) is 60.0 Å². The van der Waals surface area contributed by atoms with Crippen LogP contribution in [0.1, 0.15) is 114 Å². The highest BCUT2D eigenvalue weighted by molar-refractivity contribution is 7.17. The molecule has 0 aliphatic carbocycles. The zero-order chi connectivity index (χ0) is 34.4. The van der Waals surface area contributed by atoms with Crippen LogP contribution < -0.4 is 9.80 Å². The van der Waals surface area contributed by atoms with Crippen LogP contribution in [0.15, 0.2) is 41.8 Å². The van der Waals surface area contributed by atoms with Crippen LogP contribution in [0.4, 0.5) is 15.8 Å². The van der Waals surface area contributed by atoms with Crippen LogP contribution in [-0.2, 0) is 27.2 Å². The number of nitrogens with zero attached hydrogens (tertiary/aromatic N) is 3. The normalized spacial score (nSPS) is 15.9. The van der Waals surface area contributed by atoms with Crippen molar-refractivity contribution in [3.05, 3.63) is 58.7 Å². The van der Waals surface area contributed by atoms with Gasteiger partial charge in [0.1, 0.15) is 11.9 Å². The van der Waals surface area contributed by atoms with Crippen LogP contribution >= 0.6 is 11.3 Å². The van der Waals surface area contributed by atoms with E-state index in [-0.39, 0.29) is 17.7 Å². The molecule has 0 spiro atoms. The first-order chi connectivity index (χ1) is 24.0. The standard InChI is InChI=1S/C41H58FN3O3S/c1-3-4-5-6-7-8-9-10-11-12-13-14-15-16-36(41(47)48-2)45-37-29-32(17-18-33(37)19-20-40(45)46)21-23-43-24-26-44(27-25-43)38-30-34(42)31-39-35(38)22-28-49-39/h17-18,22,28-31,36H,3-16,19-21,23-27H2,1-2H3. The molecule has 5 rings (SSSR count). The zero-order valence-electron chi connectivity index (χ0n) is 30.0. The van der Waals surface area contributed by atoms with Crippen LogP contribution in [0.2, 0.25) is 0 Å². The molecule has 3 heterocycles. The predicted octanol–water partition coefficient (Wildman–Crippen LogP) is 9.71. The van der Waals surface area contributed by atoms with E-state index in [1.807, 2.05) is 5.38 Å². The summed E-state index contributed by atoms with van der Waals surface area (Å²) >= 11 is 1.58. The lowest BCUT2D eigenvalue weighted by Gasteiger charge is -2.37. The smallest absolute Gasteiger partial charge is 0.328 e. The molecule has 1 unspecified atom stereocenters. The third kappa shape index (κ3) is 10.5. The Morgan fingerprint density at radius 2 is 1.51 bits per heavy atom. The number of unbranched alkanes of at least 4 members (excludes halogenated alkanes) is 12. The van der Waals surface area contributed by atoms with Gasteiger partial charge >= 0.3 is 5.97 Å². The number of ether oxygens (including phenoxy) is 1. The maximum absolute atomic E-state index is 14.3. The minimum atomic E-state index is -0.579. The Morgan fingerprint density at radius 3 is 2.18 bits per heavy atom. The number of esters is 1. The van der Waals surface area contributed by atoms with Gasteiger partial charge in [0.25, 0.3) is 0 Å². The lowest BCUT2D eigenvalue weighted by Crippen LogP contribution is -2.48. The Hall–Kier alpha value is -2.97. The van der Waals surface area contributed by atoms with E-state index in [9.17, 15) is 14.0 Å². The molecule has 0 N–H and O–H groups in total. The van der Waals surface area contributed by atoms with E-state index < -0.39 is 6.04 Å². The van der Waals surface area contributed by atoms with Gasteiger partial charge in [0, 0.05) is 60.6 Å². The van der Waals surface area contributed by atoms with E-state index in [2.05, 4.69) is 41.0 Å². The summed E-state index contributed by atoms with van der Waals surface area (Å²) in [6, 6.07) is 11.3. The van der Waals surface area contributed by atoms with Crippen molar-refractivity contribution in [3.8, 4) is 0 Å². The van der Waals surface area contributed by atoms with Crippen molar-refractivity contribution in [2.24, 2.45) is 0 Å². The summed E-state index contributed by atoms with van der Waals surface area (Å²) in [4.78, 5) is 33.0. The van der Waals surface area contributed by atoms with Crippen LogP contribution in [0.5, 0.6) is 0 Å². The van der Waals surface area contributed by atoms with Crippen molar-refractivity contribution < 1.29 is 18.7 Å². The number of hydrogen-bond acceptors (Lipinski definition) is 6. The lowest BCUT2D eigenvalue weighted by molar-refractivity contribution is -0.143. The van der Waals surface area contributed by atoms with Gasteiger partial charge in [-0.3, -0.25) is 14.6 Å². The molecular formula is C41H58FN3O3S. The summed E-state index contributed by atoms with van der Waals surface area (Å²) < 4.78 is 20.6. The first-order valence-corrected chi connectivity index (χ1v) is 20.0.